The summed E-state index contributed by atoms with van der Waals surface area (Å²) < 4.78 is 11.0. The fraction of sp³-hybridized carbons (Fsp3) is 0.543. The monoisotopic (exact) mass is 623 g/mol. The topological polar surface area (TPSA) is 134 Å². The maximum atomic E-state index is 14.5. The van der Waals surface area contributed by atoms with E-state index >= 15 is 0 Å². The lowest BCUT2D eigenvalue weighted by Gasteiger charge is -2.44. The number of ether oxygens (including phenoxy) is 2. The zero-order valence-corrected chi connectivity index (χ0v) is 27.8. The van der Waals surface area contributed by atoms with Crippen molar-refractivity contribution in [2.24, 2.45) is 0 Å². The van der Waals surface area contributed by atoms with Crippen LogP contribution in [0.2, 0.25) is 0 Å². The van der Waals surface area contributed by atoms with Gasteiger partial charge in [0.05, 0.1) is 6.61 Å². The van der Waals surface area contributed by atoms with E-state index in [9.17, 15) is 24.3 Å². The van der Waals surface area contributed by atoms with E-state index in [2.05, 4.69) is 10.6 Å². The van der Waals surface area contributed by atoms with Crippen LogP contribution >= 0.6 is 0 Å². The van der Waals surface area contributed by atoms with E-state index in [4.69, 9.17) is 9.47 Å². The molecule has 2 aromatic rings. The minimum absolute atomic E-state index is 0.178. The number of aliphatic hydroxyl groups excluding tert-OH is 1. The molecule has 3 rings (SSSR count). The van der Waals surface area contributed by atoms with E-state index in [-0.39, 0.29) is 12.5 Å². The molecule has 0 aromatic heterocycles. The average Bonchev–Trinajstić information content (AvgIpc) is 2.90. The van der Waals surface area contributed by atoms with Crippen molar-refractivity contribution in [2.45, 2.75) is 116 Å². The number of hydrogen-bond donors (Lipinski definition) is 3. The molecular weight excluding hydrogens is 574 g/mol. The Bertz CT molecular complexity index is 1340. The van der Waals surface area contributed by atoms with Gasteiger partial charge in [0.1, 0.15) is 29.3 Å². The van der Waals surface area contributed by atoms with E-state index < -0.39 is 59.8 Å². The van der Waals surface area contributed by atoms with Crippen molar-refractivity contribution in [2.75, 3.05) is 6.61 Å². The summed E-state index contributed by atoms with van der Waals surface area (Å²) in [5, 5.41) is 15.7. The molecule has 0 heterocycles. The lowest BCUT2D eigenvalue weighted by molar-refractivity contribution is -0.159. The summed E-state index contributed by atoms with van der Waals surface area (Å²) in [4.78, 5) is 56.3. The predicted molar refractivity (Wildman–Crippen MR) is 171 cm³/mol. The summed E-state index contributed by atoms with van der Waals surface area (Å²) >= 11 is 0. The van der Waals surface area contributed by atoms with Crippen molar-refractivity contribution >= 4 is 23.9 Å². The minimum atomic E-state index is -1.35. The van der Waals surface area contributed by atoms with E-state index in [0.717, 1.165) is 23.1 Å². The van der Waals surface area contributed by atoms with Crippen LogP contribution in [0.3, 0.4) is 0 Å². The first-order chi connectivity index (χ1) is 21.0. The van der Waals surface area contributed by atoms with Gasteiger partial charge in [-0.05, 0) is 96.9 Å². The molecular formula is C35H49N3O7. The highest BCUT2D eigenvalue weighted by atomic mass is 16.6. The highest BCUT2D eigenvalue weighted by molar-refractivity contribution is 5.94. The first kappa shape index (κ1) is 35.6. The number of hydrogen-bond acceptors (Lipinski definition) is 7. The third-order valence-corrected chi connectivity index (χ3v) is 7.65. The summed E-state index contributed by atoms with van der Waals surface area (Å²) in [5.74, 6) is -1.78. The number of benzene rings is 2. The SMILES string of the molecule is Cc1cccc(C(C(=O)NC(Cc2ccccc2)C(=O)OC(C)(C)C)N(C(=O)C(CO)NC(=O)OC(C)(C)C)C2CCC2)c1C. The number of carbonyl (C=O) groups excluding carboxylic acids is 4. The zero-order valence-electron chi connectivity index (χ0n) is 27.8. The summed E-state index contributed by atoms with van der Waals surface area (Å²) in [6.45, 7) is 13.5. The molecule has 3 amide bonds. The molecule has 3 unspecified atom stereocenters. The van der Waals surface area contributed by atoms with Crippen LogP contribution in [0.25, 0.3) is 0 Å². The van der Waals surface area contributed by atoms with Crippen LogP contribution in [-0.4, -0.2) is 69.8 Å². The van der Waals surface area contributed by atoms with Crippen LogP contribution in [0.4, 0.5) is 4.79 Å². The Morgan fingerprint density at radius 3 is 2.02 bits per heavy atom. The Labute approximate surface area is 266 Å². The van der Waals surface area contributed by atoms with Crippen molar-refractivity contribution in [1.82, 2.24) is 15.5 Å². The molecule has 3 atom stereocenters. The van der Waals surface area contributed by atoms with E-state index in [1.165, 1.54) is 4.90 Å². The summed E-state index contributed by atoms with van der Waals surface area (Å²) in [6.07, 6.45) is 1.46. The zero-order chi connectivity index (χ0) is 33.5. The molecule has 2 aromatic carbocycles. The Morgan fingerprint density at radius 2 is 1.49 bits per heavy atom. The van der Waals surface area contributed by atoms with Gasteiger partial charge in [-0.3, -0.25) is 9.59 Å². The quantitative estimate of drug-likeness (QED) is 0.310. The maximum Gasteiger partial charge on any atom is 0.408 e. The second kappa shape index (κ2) is 14.9. The van der Waals surface area contributed by atoms with Crippen molar-refractivity contribution < 1.29 is 33.8 Å². The number of rotatable bonds is 11. The van der Waals surface area contributed by atoms with Crippen LogP contribution in [0.15, 0.2) is 48.5 Å². The van der Waals surface area contributed by atoms with E-state index in [1.54, 1.807) is 47.6 Å². The number of alkyl carbamates (subject to hydrolysis) is 1. The van der Waals surface area contributed by atoms with Gasteiger partial charge < -0.3 is 30.1 Å². The summed E-state index contributed by atoms with van der Waals surface area (Å²) in [7, 11) is 0. The number of aliphatic hydroxyl groups is 1. The lowest BCUT2D eigenvalue weighted by Crippen LogP contribution is -2.59. The minimum Gasteiger partial charge on any atom is -0.458 e. The van der Waals surface area contributed by atoms with Crippen molar-refractivity contribution in [3.8, 4) is 0 Å². The number of amides is 3. The molecule has 1 aliphatic carbocycles. The van der Waals surface area contributed by atoms with Gasteiger partial charge >= 0.3 is 12.1 Å². The Kier molecular flexibility index (Phi) is 11.8. The van der Waals surface area contributed by atoms with Gasteiger partial charge in [0.2, 0.25) is 11.8 Å². The number of carbonyl (C=O) groups is 4. The molecule has 246 valence electrons. The number of aryl methyl sites for hydroxylation is 1. The molecule has 1 fully saturated rings. The number of nitrogens with one attached hydrogen (secondary N) is 2. The molecule has 0 bridgehead atoms. The van der Waals surface area contributed by atoms with Crippen LogP contribution in [0.5, 0.6) is 0 Å². The molecule has 45 heavy (non-hydrogen) atoms. The Balaban J connectivity index is 2.06. The predicted octanol–water partition coefficient (Wildman–Crippen LogP) is 4.68. The van der Waals surface area contributed by atoms with Gasteiger partial charge in [0, 0.05) is 12.5 Å². The van der Waals surface area contributed by atoms with Gasteiger partial charge in [-0.1, -0.05) is 48.5 Å². The third kappa shape index (κ3) is 10.0. The van der Waals surface area contributed by atoms with Crippen molar-refractivity contribution in [3.05, 3.63) is 70.8 Å². The van der Waals surface area contributed by atoms with Gasteiger partial charge in [-0.2, -0.15) is 0 Å². The first-order valence-electron chi connectivity index (χ1n) is 15.6. The van der Waals surface area contributed by atoms with Gasteiger partial charge in [0.25, 0.3) is 0 Å². The van der Waals surface area contributed by atoms with Crippen LogP contribution in [-0.2, 0) is 30.3 Å². The molecule has 1 aliphatic rings. The van der Waals surface area contributed by atoms with Crippen LogP contribution in [0.1, 0.15) is 89.1 Å². The fourth-order valence-corrected chi connectivity index (χ4v) is 5.15. The fourth-order valence-electron chi connectivity index (χ4n) is 5.15. The summed E-state index contributed by atoms with van der Waals surface area (Å²) in [5.41, 5.74) is 1.53. The first-order valence-corrected chi connectivity index (χ1v) is 15.6. The lowest BCUT2D eigenvalue weighted by atomic mass is 9.86. The normalized spacial score (nSPS) is 15.6. The Hall–Kier alpha value is -3.92. The van der Waals surface area contributed by atoms with Gasteiger partial charge in [-0.15, -0.1) is 0 Å². The van der Waals surface area contributed by atoms with E-state index in [1.807, 2.05) is 56.3 Å². The average molecular weight is 624 g/mol. The molecule has 0 spiro atoms. The standard InChI is InChI=1S/C35H49N3O7/c1-22-14-12-19-26(23(22)2)29(30(40)36-27(32(42)44-34(3,4)5)20-24-15-10-9-11-16-24)38(25-17-13-18-25)31(41)28(21-39)37-33(43)45-35(6,7)8/h9-12,14-16,19,25,27-29,39H,13,17-18,20-21H2,1-8H3,(H,36,40)(H,37,43). The van der Waals surface area contributed by atoms with E-state index in [0.29, 0.717) is 18.4 Å². The highest BCUT2D eigenvalue weighted by Crippen LogP contribution is 2.35. The van der Waals surface area contributed by atoms with Crippen molar-refractivity contribution in [3.63, 3.8) is 0 Å². The van der Waals surface area contributed by atoms with Gasteiger partial charge in [-0.25, -0.2) is 9.59 Å². The molecule has 0 saturated heterocycles. The number of esters is 1. The number of nitrogens with zero attached hydrogens (tertiary/aromatic N) is 1. The second-order valence-corrected chi connectivity index (χ2v) is 13.7. The molecule has 10 nitrogen and oxygen atoms in total. The molecule has 3 N–H and O–H groups in total. The van der Waals surface area contributed by atoms with Crippen LogP contribution in [0, 0.1) is 13.8 Å². The summed E-state index contributed by atoms with van der Waals surface area (Å²) in [6, 6.07) is 11.0. The molecule has 1 saturated carbocycles. The molecule has 0 aliphatic heterocycles. The molecule has 0 radical (unpaired) electrons. The second-order valence-electron chi connectivity index (χ2n) is 13.7. The van der Waals surface area contributed by atoms with Crippen LogP contribution < -0.4 is 10.6 Å². The highest BCUT2D eigenvalue weighted by Gasteiger charge is 2.43. The smallest absolute Gasteiger partial charge is 0.408 e. The molecule has 10 heteroatoms. The van der Waals surface area contributed by atoms with Gasteiger partial charge in [0.15, 0.2) is 0 Å². The third-order valence-electron chi connectivity index (χ3n) is 7.65. The largest absolute Gasteiger partial charge is 0.458 e. The Morgan fingerprint density at radius 1 is 0.867 bits per heavy atom. The maximum absolute atomic E-state index is 14.5. The van der Waals surface area contributed by atoms with Crippen molar-refractivity contribution in [1.29, 1.82) is 0 Å².